The second kappa shape index (κ2) is 6.67. The Morgan fingerprint density at radius 3 is 2.24 bits per heavy atom. The van der Waals surface area contributed by atoms with Gasteiger partial charge >= 0.3 is 12.0 Å². The fourth-order valence-corrected chi connectivity index (χ4v) is 3.54. The van der Waals surface area contributed by atoms with Crippen molar-refractivity contribution in [2.24, 2.45) is 17.8 Å². The lowest BCUT2D eigenvalue weighted by Crippen LogP contribution is -2.55. The van der Waals surface area contributed by atoms with Gasteiger partial charge < -0.3 is 14.9 Å². The van der Waals surface area contributed by atoms with Crippen LogP contribution in [0, 0.1) is 17.8 Å². The zero-order valence-electron chi connectivity index (χ0n) is 13.4. The van der Waals surface area contributed by atoms with Gasteiger partial charge in [0.05, 0.1) is 0 Å². The lowest BCUT2D eigenvalue weighted by Gasteiger charge is -2.41. The van der Waals surface area contributed by atoms with Crippen LogP contribution in [0.15, 0.2) is 0 Å². The average molecular weight is 296 g/mol. The van der Waals surface area contributed by atoms with Gasteiger partial charge in [0.2, 0.25) is 0 Å². The van der Waals surface area contributed by atoms with Crippen molar-refractivity contribution in [3.63, 3.8) is 0 Å². The van der Waals surface area contributed by atoms with Crippen molar-refractivity contribution >= 4 is 12.0 Å². The fraction of sp³-hybridized carbons (Fsp3) is 0.875. The molecule has 5 nitrogen and oxygen atoms in total. The first-order valence-corrected chi connectivity index (χ1v) is 8.18. The first kappa shape index (κ1) is 16.1. The standard InChI is InChI=1S/C16H28N2O3/c1-11(2)13-5-7-17(8-6-13)16(21)18-9-4-12(3)10-14(18)15(19)20/h11-14H,4-10H2,1-3H3,(H,19,20). The van der Waals surface area contributed by atoms with Crippen LogP contribution in [0.3, 0.4) is 0 Å². The highest BCUT2D eigenvalue weighted by Gasteiger charge is 2.37. The van der Waals surface area contributed by atoms with Crippen LogP contribution in [0.1, 0.15) is 46.5 Å². The summed E-state index contributed by atoms with van der Waals surface area (Å²) in [5, 5.41) is 9.38. The number of carboxylic acids is 1. The molecule has 1 N–H and O–H groups in total. The maximum Gasteiger partial charge on any atom is 0.326 e. The molecule has 0 bridgehead atoms. The topological polar surface area (TPSA) is 60.9 Å². The summed E-state index contributed by atoms with van der Waals surface area (Å²) < 4.78 is 0. The Morgan fingerprint density at radius 1 is 1.10 bits per heavy atom. The molecular weight excluding hydrogens is 268 g/mol. The molecule has 5 heteroatoms. The van der Waals surface area contributed by atoms with Crippen molar-refractivity contribution in [3.8, 4) is 0 Å². The van der Waals surface area contributed by atoms with Gasteiger partial charge in [0.25, 0.3) is 0 Å². The summed E-state index contributed by atoms with van der Waals surface area (Å²) in [5.74, 6) is 0.851. The molecule has 120 valence electrons. The highest BCUT2D eigenvalue weighted by molar-refractivity contribution is 5.83. The van der Waals surface area contributed by atoms with Gasteiger partial charge in [-0.25, -0.2) is 9.59 Å². The van der Waals surface area contributed by atoms with Crippen LogP contribution in [0.5, 0.6) is 0 Å². The summed E-state index contributed by atoms with van der Waals surface area (Å²) in [6.07, 6.45) is 3.54. The maximum atomic E-state index is 12.6. The van der Waals surface area contributed by atoms with Gasteiger partial charge in [-0.2, -0.15) is 0 Å². The van der Waals surface area contributed by atoms with E-state index in [4.69, 9.17) is 0 Å². The SMILES string of the molecule is CC1CCN(C(=O)N2CCC(C(C)C)CC2)C(C(=O)O)C1. The van der Waals surface area contributed by atoms with E-state index in [9.17, 15) is 14.7 Å². The largest absolute Gasteiger partial charge is 0.480 e. The predicted octanol–water partition coefficient (Wildman–Crippen LogP) is 2.66. The lowest BCUT2D eigenvalue weighted by atomic mass is 9.86. The molecule has 0 aliphatic carbocycles. The first-order valence-electron chi connectivity index (χ1n) is 8.18. The monoisotopic (exact) mass is 296 g/mol. The van der Waals surface area contributed by atoms with E-state index in [1.54, 1.807) is 4.90 Å². The van der Waals surface area contributed by atoms with Crippen molar-refractivity contribution < 1.29 is 14.7 Å². The average Bonchev–Trinajstić information content (AvgIpc) is 2.46. The van der Waals surface area contributed by atoms with Gasteiger partial charge in [-0.3, -0.25) is 0 Å². The van der Waals surface area contributed by atoms with E-state index in [0.717, 1.165) is 32.4 Å². The van der Waals surface area contributed by atoms with Crippen LogP contribution < -0.4 is 0 Å². The number of amides is 2. The van der Waals surface area contributed by atoms with Crippen LogP contribution >= 0.6 is 0 Å². The third kappa shape index (κ3) is 3.69. The minimum atomic E-state index is -0.869. The van der Waals surface area contributed by atoms with Crippen LogP contribution in [0.4, 0.5) is 4.79 Å². The van der Waals surface area contributed by atoms with E-state index in [1.165, 1.54) is 0 Å². The molecule has 2 aliphatic heterocycles. The fourth-order valence-electron chi connectivity index (χ4n) is 3.54. The number of hydrogen-bond donors (Lipinski definition) is 1. The molecule has 2 fully saturated rings. The highest BCUT2D eigenvalue weighted by atomic mass is 16.4. The lowest BCUT2D eigenvalue weighted by molar-refractivity contribution is -0.144. The Morgan fingerprint density at radius 2 is 1.71 bits per heavy atom. The minimum absolute atomic E-state index is 0.0727. The molecule has 2 aliphatic rings. The van der Waals surface area contributed by atoms with E-state index < -0.39 is 12.0 Å². The number of carbonyl (C=O) groups excluding carboxylic acids is 1. The number of carbonyl (C=O) groups is 2. The molecule has 2 saturated heterocycles. The number of rotatable bonds is 2. The molecule has 0 radical (unpaired) electrons. The van der Waals surface area contributed by atoms with Gasteiger partial charge in [0.15, 0.2) is 0 Å². The molecule has 0 aromatic rings. The summed E-state index contributed by atoms with van der Waals surface area (Å²) in [4.78, 5) is 27.5. The van der Waals surface area contributed by atoms with E-state index in [1.807, 2.05) is 4.90 Å². The molecule has 0 aromatic heterocycles. The van der Waals surface area contributed by atoms with Crippen molar-refractivity contribution in [2.45, 2.75) is 52.5 Å². The number of urea groups is 1. The smallest absolute Gasteiger partial charge is 0.326 e. The van der Waals surface area contributed by atoms with Gasteiger partial charge in [-0.05, 0) is 43.4 Å². The molecule has 0 spiro atoms. The van der Waals surface area contributed by atoms with Crippen molar-refractivity contribution in [2.75, 3.05) is 19.6 Å². The molecule has 2 heterocycles. The van der Waals surface area contributed by atoms with Crippen LogP contribution in [0.25, 0.3) is 0 Å². The summed E-state index contributed by atoms with van der Waals surface area (Å²) in [6, 6.07) is -0.722. The zero-order chi connectivity index (χ0) is 15.6. The first-order chi connectivity index (χ1) is 9.90. The highest BCUT2D eigenvalue weighted by Crippen LogP contribution is 2.28. The Bertz CT molecular complexity index is 389. The summed E-state index contributed by atoms with van der Waals surface area (Å²) in [5.41, 5.74) is 0. The Kier molecular flexibility index (Phi) is 5.12. The van der Waals surface area contributed by atoms with Crippen molar-refractivity contribution in [3.05, 3.63) is 0 Å². The normalized spacial score (nSPS) is 28.0. The third-order valence-corrected chi connectivity index (χ3v) is 5.15. The maximum absolute atomic E-state index is 12.6. The Hall–Kier alpha value is -1.26. The molecule has 21 heavy (non-hydrogen) atoms. The summed E-state index contributed by atoms with van der Waals surface area (Å²) in [6.45, 7) is 8.62. The second-order valence-corrected chi connectivity index (χ2v) is 7.03. The molecule has 2 unspecified atom stereocenters. The van der Waals surface area contributed by atoms with E-state index >= 15 is 0 Å². The van der Waals surface area contributed by atoms with Gasteiger partial charge in [-0.1, -0.05) is 20.8 Å². The molecule has 0 aromatic carbocycles. The molecular formula is C16H28N2O3. The zero-order valence-corrected chi connectivity index (χ0v) is 13.4. The van der Waals surface area contributed by atoms with Crippen LogP contribution in [0.2, 0.25) is 0 Å². The second-order valence-electron chi connectivity index (χ2n) is 7.03. The quantitative estimate of drug-likeness (QED) is 0.852. The molecule has 0 saturated carbocycles. The van der Waals surface area contributed by atoms with Crippen molar-refractivity contribution in [1.82, 2.24) is 9.80 Å². The van der Waals surface area contributed by atoms with E-state index in [2.05, 4.69) is 20.8 Å². The minimum Gasteiger partial charge on any atom is -0.480 e. The number of nitrogens with zero attached hydrogens (tertiary/aromatic N) is 2. The number of likely N-dealkylation sites (tertiary alicyclic amines) is 2. The van der Waals surface area contributed by atoms with Gasteiger partial charge in [0.1, 0.15) is 6.04 Å². The van der Waals surface area contributed by atoms with E-state index in [0.29, 0.717) is 30.7 Å². The predicted molar refractivity (Wildman–Crippen MR) is 81.1 cm³/mol. The van der Waals surface area contributed by atoms with Crippen molar-refractivity contribution in [1.29, 1.82) is 0 Å². The molecule has 2 amide bonds. The number of hydrogen-bond acceptors (Lipinski definition) is 2. The molecule has 2 atom stereocenters. The number of piperidine rings is 2. The van der Waals surface area contributed by atoms with E-state index in [-0.39, 0.29) is 6.03 Å². The summed E-state index contributed by atoms with van der Waals surface area (Å²) >= 11 is 0. The van der Waals surface area contributed by atoms with Crippen LogP contribution in [-0.4, -0.2) is 52.6 Å². The Labute approximate surface area is 127 Å². The Balaban J connectivity index is 1.97. The number of aliphatic carboxylic acids is 1. The molecule has 2 rings (SSSR count). The summed E-state index contributed by atoms with van der Waals surface area (Å²) in [7, 11) is 0. The van der Waals surface area contributed by atoms with Gasteiger partial charge in [-0.15, -0.1) is 0 Å². The van der Waals surface area contributed by atoms with Gasteiger partial charge in [0, 0.05) is 19.6 Å². The third-order valence-electron chi connectivity index (χ3n) is 5.15. The van der Waals surface area contributed by atoms with Crippen LogP contribution in [-0.2, 0) is 4.79 Å². The number of carboxylic acid groups (broad SMARTS) is 1.